The maximum atomic E-state index is 12.9. The highest BCUT2D eigenvalue weighted by molar-refractivity contribution is 7.98. The quantitative estimate of drug-likeness (QED) is 0.474. The van der Waals surface area contributed by atoms with Crippen molar-refractivity contribution in [1.82, 2.24) is 14.5 Å². The van der Waals surface area contributed by atoms with E-state index in [0.717, 1.165) is 12.1 Å². The molecule has 0 unspecified atom stereocenters. The van der Waals surface area contributed by atoms with E-state index < -0.39 is 0 Å². The largest absolute Gasteiger partial charge is 0.302 e. The molecule has 0 aliphatic rings. The summed E-state index contributed by atoms with van der Waals surface area (Å²) in [4.78, 5) is 33.2. The van der Waals surface area contributed by atoms with Crippen LogP contribution >= 0.6 is 23.1 Å². The molecule has 3 aromatic rings. The molecule has 0 aliphatic heterocycles. The van der Waals surface area contributed by atoms with Crippen molar-refractivity contribution in [2.24, 2.45) is 5.92 Å². The molecular formula is C19H22N4O2S2. The molecule has 0 saturated heterocycles. The van der Waals surface area contributed by atoms with Gasteiger partial charge < -0.3 is 5.32 Å². The lowest BCUT2D eigenvalue weighted by molar-refractivity contribution is -0.114. The SMILES string of the molecule is CC(=O)Nc1nc(CSc2nc3ccccc3c(=O)n2CCC(C)C)cs1. The minimum Gasteiger partial charge on any atom is -0.302 e. The number of carbonyl (C=O) groups is 1. The number of hydrogen-bond donors (Lipinski definition) is 1. The fourth-order valence-corrected chi connectivity index (χ4v) is 4.34. The molecule has 3 rings (SSSR count). The monoisotopic (exact) mass is 402 g/mol. The third-order valence-electron chi connectivity index (χ3n) is 3.94. The Hall–Kier alpha value is -2.19. The number of fused-ring (bicyclic) bond motifs is 1. The number of nitrogens with zero attached hydrogens (tertiary/aromatic N) is 3. The summed E-state index contributed by atoms with van der Waals surface area (Å²) in [6, 6.07) is 7.45. The van der Waals surface area contributed by atoms with Crippen LogP contribution in [0.25, 0.3) is 10.9 Å². The standard InChI is InChI=1S/C19H22N4O2S2/c1-12(2)8-9-23-17(25)15-6-4-5-7-16(15)22-19(23)27-11-14-10-26-18(21-14)20-13(3)24/h4-7,10,12H,8-9,11H2,1-3H3,(H,20,21,24). The number of para-hydroxylation sites is 1. The van der Waals surface area contributed by atoms with Gasteiger partial charge in [0, 0.05) is 24.6 Å². The molecule has 2 aromatic heterocycles. The summed E-state index contributed by atoms with van der Waals surface area (Å²) in [5.74, 6) is 0.949. The summed E-state index contributed by atoms with van der Waals surface area (Å²) in [5.41, 5.74) is 1.57. The molecular weight excluding hydrogens is 380 g/mol. The topological polar surface area (TPSA) is 76.9 Å². The second-order valence-corrected chi connectivity index (χ2v) is 8.47. The van der Waals surface area contributed by atoms with Gasteiger partial charge in [-0.3, -0.25) is 14.2 Å². The molecule has 6 nitrogen and oxygen atoms in total. The van der Waals surface area contributed by atoms with Crippen LogP contribution in [0.4, 0.5) is 5.13 Å². The van der Waals surface area contributed by atoms with Gasteiger partial charge in [0.25, 0.3) is 5.56 Å². The van der Waals surface area contributed by atoms with Gasteiger partial charge in [0.15, 0.2) is 10.3 Å². The molecule has 8 heteroatoms. The predicted molar refractivity (Wildman–Crippen MR) is 111 cm³/mol. The minimum atomic E-state index is -0.137. The molecule has 2 heterocycles. The van der Waals surface area contributed by atoms with E-state index in [9.17, 15) is 9.59 Å². The van der Waals surface area contributed by atoms with Crippen molar-refractivity contribution in [1.29, 1.82) is 0 Å². The molecule has 1 amide bonds. The normalized spacial score (nSPS) is 11.3. The lowest BCUT2D eigenvalue weighted by Crippen LogP contribution is -2.24. The van der Waals surface area contributed by atoms with Crippen molar-refractivity contribution in [3.8, 4) is 0 Å². The van der Waals surface area contributed by atoms with Gasteiger partial charge in [0.2, 0.25) is 5.91 Å². The molecule has 1 N–H and O–H groups in total. The molecule has 0 radical (unpaired) electrons. The molecule has 1 aromatic carbocycles. The van der Waals surface area contributed by atoms with Crippen LogP contribution in [-0.4, -0.2) is 20.4 Å². The highest BCUT2D eigenvalue weighted by Gasteiger charge is 2.13. The zero-order chi connectivity index (χ0) is 19.4. The van der Waals surface area contributed by atoms with Gasteiger partial charge in [-0.2, -0.15) is 0 Å². The first kappa shape index (κ1) is 19.6. The van der Waals surface area contributed by atoms with E-state index in [0.29, 0.717) is 39.4 Å². The van der Waals surface area contributed by atoms with Crippen LogP contribution in [0.1, 0.15) is 32.9 Å². The Kier molecular flexibility index (Phi) is 6.28. The Morgan fingerprint density at radius 2 is 2.07 bits per heavy atom. The van der Waals surface area contributed by atoms with Crippen LogP contribution in [0.15, 0.2) is 39.6 Å². The van der Waals surface area contributed by atoms with Crippen molar-refractivity contribution >= 4 is 45.0 Å². The second-order valence-electron chi connectivity index (χ2n) is 6.66. The van der Waals surface area contributed by atoms with E-state index in [4.69, 9.17) is 4.98 Å². The molecule has 27 heavy (non-hydrogen) atoms. The van der Waals surface area contributed by atoms with Crippen molar-refractivity contribution in [3.63, 3.8) is 0 Å². The lowest BCUT2D eigenvalue weighted by Gasteiger charge is -2.14. The van der Waals surface area contributed by atoms with Crippen LogP contribution in [0, 0.1) is 5.92 Å². The number of nitrogens with one attached hydrogen (secondary N) is 1. The zero-order valence-electron chi connectivity index (χ0n) is 15.6. The number of anilines is 1. The van der Waals surface area contributed by atoms with Gasteiger partial charge >= 0.3 is 0 Å². The number of thiazole rings is 1. The van der Waals surface area contributed by atoms with Crippen LogP contribution in [0.5, 0.6) is 0 Å². The second kappa shape index (κ2) is 8.67. The van der Waals surface area contributed by atoms with Crippen molar-refractivity contribution in [2.75, 3.05) is 5.32 Å². The number of aromatic nitrogens is 3. The summed E-state index contributed by atoms with van der Waals surface area (Å²) in [7, 11) is 0. The lowest BCUT2D eigenvalue weighted by atomic mass is 10.1. The summed E-state index contributed by atoms with van der Waals surface area (Å²) in [6.45, 7) is 6.39. The summed E-state index contributed by atoms with van der Waals surface area (Å²) in [5, 5.41) is 6.53. The van der Waals surface area contributed by atoms with Gasteiger partial charge in [0.1, 0.15) is 0 Å². The van der Waals surface area contributed by atoms with Gasteiger partial charge in [-0.1, -0.05) is 37.7 Å². The molecule has 0 atom stereocenters. The van der Waals surface area contributed by atoms with Gasteiger partial charge in [-0.25, -0.2) is 9.97 Å². The average molecular weight is 403 g/mol. The maximum absolute atomic E-state index is 12.9. The third kappa shape index (κ3) is 4.95. The number of thioether (sulfide) groups is 1. The Morgan fingerprint density at radius 1 is 1.30 bits per heavy atom. The number of carbonyl (C=O) groups excluding carboxylic acids is 1. The molecule has 0 bridgehead atoms. The highest BCUT2D eigenvalue weighted by atomic mass is 32.2. The fourth-order valence-electron chi connectivity index (χ4n) is 2.56. The zero-order valence-corrected chi connectivity index (χ0v) is 17.2. The van der Waals surface area contributed by atoms with Crippen LogP contribution in [0.3, 0.4) is 0 Å². The van der Waals surface area contributed by atoms with Crippen molar-refractivity contribution < 1.29 is 4.79 Å². The molecule has 0 fully saturated rings. The van der Waals surface area contributed by atoms with E-state index in [1.54, 1.807) is 4.57 Å². The Balaban J connectivity index is 1.87. The number of hydrogen-bond acceptors (Lipinski definition) is 6. The molecule has 0 aliphatic carbocycles. The Bertz CT molecular complexity index is 1010. The Labute approximate surface area is 166 Å². The third-order valence-corrected chi connectivity index (χ3v) is 5.76. The first-order valence-electron chi connectivity index (χ1n) is 8.78. The fraction of sp³-hybridized carbons (Fsp3) is 0.368. The minimum absolute atomic E-state index is 0.000892. The van der Waals surface area contributed by atoms with Crippen LogP contribution in [-0.2, 0) is 17.1 Å². The summed E-state index contributed by atoms with van der Waals surface area (Å²) >= 11 is 2.89. The number of rotatable bonds is 7. The first-order chi connectivity index (χ1) is 12.9. The van der Waals surface area contributed by atoms with Gasteiger partial charge in [0.05, 0.1) is 16.6 Å². The number of amides is 1. The van der Waals surface area contributed by atoms with Gasteiger partial charge in [-0.15, -0.1) is 11.3 Å². The maximum Gasteiger partial charge on any atom is 0.262 e. The van der Waals surface area contributed by atoms with Crippen molar-refractivity contribution in [2.45, 2.75) is 44.6 Å². The smallest absolute Gasteiger partial charge is 0.262 e. The number of benzene rings is 1. The summed E-state index contributed by atoms with van der Waals surface area (Å²) < 4.78 is 1.77. The van der Waals surface area contributed by atoms with E-state index in [2.05, 4.69) is 24.1 Å². The van der Waals surface area contributed by atoms with Crippen molar-refractivity contribution in [3.05, 3.63) is 45.7 Å². The Morgan fingerprint density at radius 3 is 2.81 bits per heavy atom. The highest BCUT2D eigenvalue weighted by Crippen LogP contribution is 2.25. The van der Waals surface area contributed by atoms with Crippen LogP contribution in [0.2, 0.25) is 0 Å². The van der Waals surface area contributed by atoms with E-state index in [-0.39, 0.29) is 11.5 Å². The molecule has 142 valence electrons. The van der Waals surface area contributed by atoms with Crippen LogP contribution < -0.4 is 10.9 Å². The summed E-state index contributed by atoms with van der Waals surface area (Å²) in [6.07, 6.45) is 0.914. The average Bonchev–Trinajstić information content (AvgIpc) is 3.06. The van der Waals surface area contributed by atoms with E-state index in [1.165, 1.54) is 30.0 Å². The predicted octanol–water partition coefficient (Wildman–Crippen LogP) is 4.15. The molecule has 0 spiro atoms. The van der Waals surface area contributed by atoms with Gasteiger partial charge in [-0.05, 0) is 24.5 Å². The van der Waals surface area contributed by atoms with E-state index in [1.807, 2.05) is 29.6 Å². The van der Waals surface area contributed by atoms with E-state index >= 15 is 0 Å². The molecule has 0 saturated carbocycles. The first-order valence-corrected chi connectivity index (χ1v) is 10.6.